The summed E-state index contributed by atoms with van der Waals surface area (Å²) < 4.78 is 5.87. The van der Waals surface area contributed by atoms with Crippen molar-refractivity contribution in [3.8, 4) is 5.75 Å². The molecule has 0 bridgehead atoms. The van der Waals surface area contributed by atoms with Crippen LogP contribution in [0.2, 0.25) is 0 Å². The first-order valence-electron chi connectivity index (χ1n) is 7.64. The predicted octanol–water partition coefficient (Wildman–Crippen LogP) is 4.70. The molecule has 0 aromatic heterocycles. The number of hydrogen-bond donors (Lipinski definition) is 1. The third-order valence-corrected chi connectivity index (χ3v) is 3.23. The van der Waals surface area contributed by atoms with Gasteiger partial charge in [-0.25, -0.2) is 0 Å². The molecule has 19 heavy (non-hydrogen) atoms. The summed E-state index contributed by atoms with van der Waals surface area (Å²) in [6.07, 6.45) is 5.42. The largest absolute Gasteiger partial charge is 0.491 e. The maximum absolute atomic E-state index is 5.87. The molecule has 0 saturated heterocycles. The molecule has 0 aliphatic carbocycles. The van der Waals surface area contributed by atoms with E-state index in [1.165, 1.54) is 31.2 Å². The molecule has 0 spiro atoms. The fourth-order valence-corrected chi connectivity index (χ4v) is 2.18. The Morgan fingerprint density at radius 3 is 2.47 bits per heavy atom. The number of hydrogen-bond acceptors (Lipinski definition) is 2. The summed E-state index contributed by atoms with van der Waals surface area (Å²) in [6.45, 7) is 9.67. The van der Waals surface area contributed by atoms with Crippen LogP contribution in [0, 0.1) is 0 Å². The van der Waals surface area contributed by atoms with Crippen LogP contribution < -0.4 is 10.1 Å². The average molecular weight is 263 g/mol. The van der Waals surface area contributed by atoms with Gasteiger partial charge in [-0.2, -0.15) is 0 Å². The molecule has 108 valence electrons. The Morgan fingerprint density at radius 2 is 1.79 bits per heavy atom. The molecular weight excluding hydrogens is 234 g/mol. The number of nitrogens with one attached hydrogen (secondary N) is 1. The van der Waals surface area contributed by atoms with Crippen molar-refractivity contribution >= 4 is 0 Å². The van der Waals surface area contributed by atoms with Crippen molar-refractivity contribution < 1.29 is 4.74 Å². The molecular formula is C17H29NO. The molecule has 0 aliphatic rings. The van der Waals surface area contributed by atoms with Gasteiger partial charge in [0, 0.05) is 11.6 Å². The van der Waals surface area contributed by atoms with Crippen molar-refractivity contribution in [1.29, 1.82) is 0 Å². The lowest BCUT2D eigenvalue weighted by molar-refractivity contribution is 0.238. The van der Waals surface area contributed by atoms with Crippen LogP contribution >= 0.6 is 0 Å². The van der Waals surface area contributed by atoms with Crippen molar-refractivity contribution in [2.45, 2.75) is 65.5 Å². The van der Waals surface area contributed by atoms with Crippen molar-refractivity contribution in [3.05, 3.63) is 29.8 Å². The van der Waals surface area contributed by atoms with Crippen molar-refractivity contribution in [2.24, 2.45) is 0 Å². The predicted molar refractivity (Wildman–Crippen MR) is 82.8 cm³/mol. The number of para-hydroxylation sites is 1. The molecule has 1 unspecified atom stereocenters. The highest BCUT2D eigenvalue weighted by Crippen LogP contribution is 2.25. The third kappa shape index (κ3) is 6.11. The summed E-state index contributed by atoms with van der Waals surface area (Å²) in [5.41, 5.74) is 1.26. The van der Waals surface area contributed by atoms with E-state index in [9.17, 15) is 0 Å². The van der Waals surface area contributed by atoms with E-state index in [0.717, 1.165) is 12.3 Å². The highest BCUT2D eigenvalue weighted by molar-refractivity contribution is 5.35. The van der Waals surface area contributed by atoms with Gasteiger partial charge in [-0.15, -0.1) is 0 Å². The lowest BCUT2D eigenvalue weighted by Gasteiger charge is -2.19. The van der Waals surface area contributed by atoms with Gasteiger partial charge in [-0.1, -0.05) is 44.4 Å². The Kier molecular flexibility index (Phi) is 7.57. The molecule has 0 radical (unpaired) electrons. The maximum Gasteiger partial charge on any atom is 0.124 e. The van der Waals surface area contributed by atoms with Crippen molar-refractivity contribution in [2.75, 3.05) is 6.54 Å². The summed E-state index contributed by atoms with van der Waals surface area (Å²) in [4.78, 5) is 0. The van der Waals surface area contributed by atoms with Gasteiger partial charge in [-0.3, -0.25) is 0 Å². The first-order valence-corrected chi connectivity index (χ1v) is 7.64. The summed E-state index contributed by atoms with van der Waals surface area (Å²) in [6, 6.07) is 8.68. The molecule has 1 N–H and O–H groups in total. The Morgan fingerprint density at radius 1 is 1.05 bits per heavy atom. The maximum atomic E-state index is 5.87. The van der Waals surface area contributed by atoms with Crippen LogP contribution in [0.4, 0.5) is 0 Å². The van der Waals surface area contributed by atoms with Gasteiger partial charge in [-0.05, 0) is 39.8 Å². The lowest BCUT2D eigenvalue weighted by atomic mass is 10.1. The number of ether oxygens (including phenoxy) is 1. The van der Waals surface area contributed by atoms with Gasteiger partial charge in [0.05, 0.1) is 6.10 Å². The Hall–Kier alpha value is -1.02. The minimum atomic E-state index is 0.220. The van der Waals surface area contributed by atoms with Gasteiger partial charge in [0.15, 0.2) is 0 Å². The van der Waals surface area contributed by atoms with Crippen molar-refractivity contribution in [3.63, 3.8) is 0 Å². The smallest absolute Gasteiger partial charge is 0.124 e. The molecule has 0 aliphatic heterocycles. The van der Waals surface area contributed by atoms with Crippen molar-refractivity contribution in [1.82, 2.24) is 5.32 Å². The zero-order valence-corrected chi connectivity index (χ0v) is 12.9. The van der Waals surface area contributed by atoms with Crippen LogP contribution in [0.15, 0.2) is 24.3 Å². The van der Waals surface area contributed by atoms with Gasteiger partial charge >= 0.3 is 0 Å². The quantitative estimate of drug-likeness (QED) is 0.652. The summed E-state index contributed by atoms with van der Waals surface area (Å²) in [7, 11) is 0. The molecule has 1 rings (SSSR count). The molecule has 2 heteroatoms. The standard InChI is InChI=1S/C17H29NO/c1-5-6-7-10-13-18-15(4)16-11-8-9-12-17(16)19-14(2)3/h8-9,11-12,14-15,18H,5-7,10,13H2,1-4H3. The van der Waals surface area contributed by atoms with Gasteiger partial charge < -0.3 is 10.1 Å². The van der Waals surface area contributed by atoms with E-state index in [-0.39, 0.29) is 6.10 Å². The SMILES string of the molecule is CCCCCCNC(C)c1ccccc1OC(C)C. The van der Waals surface area contributed by atoms with Crippen LogP contribution in [-0.2, 0) is 0 Å². The summed E-state index contributed by atoms with van der Waals surface area (Å²) in [5.74, 6) is 1.01. The highest BCUT2D eigenvalue weighted by atomic mass is 16.5. The molecule has 1 aromatic carbocycles. The van der Waals surface area contributed by atoms with Gasteiger partial charge in [0.1, 0.15) is 5.75 Å². The van der Waals surface area contributed by atoms with Crippen LogP contribution in [-0.4, -0.2) is 12.6 Å². The van der Waals surface area contributed by atoms with E-state index < -0.39 is 0 Å². The topological polar surface area (TPSA) is 21.3 Å². The fourth-order valence-electron chi connectivity index (χ4n) is 2.18. The minimum absolute atomic E-state index is 0.220. The van der Waals surface area contributed by atoms with E-state index in [4.69, 9.17) is 4.74 Å². The fraction of sp³-hybridized carbons (Fsp3) is 0.647. The minimum Gasteiger partial charge on any atom is -0.491 e. The first kappa shape index (κ1) is 16.0. The third-order valence-electron chi connectivity index (χ3n) is 3.23. The van der Waals surface area contributed by atoms with E-state index in [0.29, 0.717) is 6.04 Å². The second-order valence-electron chi connectivity index (χ2n) is 5.44. The normalized spacial score (nSPS) is 12.7. The monoisotopic (exact) mass is 263 g/mol. The number of rotatable bonds is 9. The van der Waals surface area contributed by atoms with E-state index in [1.807, 2.05) is 6.07 Å². The van der Waals surface area contributed by atoms with Crippen LogP contribution in [0.5, 0.6) is 5.75 Å². The van der Waals surface area contributed by atoms with E-state index in [2.05, 4.69) is 51.2 Å². The van der Waals surface area contributed by atoms with Crippen LogP contribution in [0.25, 0.3) is 0 Å². The Labute approximate surface area is 118 Å². The summed E-state index contributed by atoms with van der Waals surface area (Å²) >= 11 is 0. The van der Waals surface area contributed by atoms with E-state index >= 15 is 0 Å². The Balaban J connectivity index is 2.48. The second kappa shape index (κ2) is 8.98. The number of unbranched alkanes of at least 4 members (excludes halogenated alkanes) is 3. The molecule has 0 amide bonds. The molecule has 1 aromatic rings. The molecule has 2 nitrogen and oxygen atoms in total. The zero-order valence-electron chi connectivity index (χ0n) is 12.9. The van der Waals surface area contributed by atoms with Gasteiger partial charge in [0.2, 0.25) is 0 Å². The zero-order chi connectivity index (χ0) is 14.1. The summed E-state index contributed by atoms with van der Waals surface area (Å²) in [5, 5.41) is 3.59. The molecule has 0 saturated carbocycles. The molecule has 1 atom stereocenters. The van der Waals surface area contributed by atoms with Crippen LogP contribution in [0.1, 0.15) is 65.0 Å². The number of benzene rings is 1. The van der Waals surface area contributed by atoms with Gasteiger partial charge in [0.25, 0.3) is 0 Å². The molecule has 0 fully saturated rings. The average Bonchev–Trinajstić information content (AvgIpc) is 2.38. The highest BCUT2D eigenvalue weighted by Gasteiger charge is 2.11. The van der Waals surface area contributed by atoms with Crippen LogP contribution in [0.3, 0.4) is 0 Å². The Bertz CT molecular complexity index is 349. The lowest BCUT2D eigenvalue weighted by Crippen LogP contribution is -2.21. The second-order valence-corrected chi connectivity index (χ2v) is 5.44. The first-order chi connectivity index (χ1) is 9.15. The van der Waals surface area contributed by atoms with E-state index in [1.54, 1.807) is 0 Å². The molecule has 0 heterocycles.